The van der Waals surface area contributed by atoms with Crippen molar-refractivity contribution in [2.75, 3.05) is 52.5 Å². The van der Waals surface area contributed by atoms with E-state index in [1.807, 2.05) is 4.90 Å². The Morgan fingerprint density at radius 3 is 2.75 bits per heavy atom. The van der Waals surface area contributed by atoms with Crippen LogP contribution in [0.3, 0.4) is 0 Å². The van der Waals surface area contributed by atoms with Crippen molar-refractivity contribution in [2.24, 2.45) is 0 Å². The van der Waals surface area contributed by atoms with E-state index in [9.17, 15) is 4.79 Å². The van der Waals surface area contributed by atoms with Gasteiger partial charge in [0.2, 0.25) is 0 Å². The third-order valence-corrected chi connectivity index (χ3v) is 4.77. The highest BCUT2D eigenvalue weighted by Crippen LogP contribution is 2.11. The molecule has 1 atom stereocenters. The molecule has 1 unspecified atom stereocenters. The van der Waals surface area contributed by atoms with Gasteiger partial charge in [0.15, 0.2) is 6.10 Å². The number of aryl methyl sites for hydroxylation is 1. The molecule has 1 aromatic carbocycles. The van der Waals surface area contributed by atoms with Crippen molar-refractivity contribution in [2.45, 2.75) is 25.4 Å². The Hall–Kier alpha value is -1.43. The van der Waals surface area contributed by atoms with E-state index in [-0.39, 0.29) is 5.91 Å². The SMILES string of the molecule is O=C(C1COCCO1)N1CCCN(CCCc2ccccc2)CC1. The molecule has 0 bridgehead atoms. The van der Waals surface area contributed by atoms with Crippen LogP contribution in [0.4, 0.5) is 0 Å². The van der Waals surface area contributed by atoms with Crippen molar-refractivity contribution in [3.05, 3.63) is 35.9 Å². The summed E-state index contributed by atoms with van der Waals surface area (Å²) in [7, 11) is 0. The minimum atomic E-state index is -0.400. The van der Waals surface area contributed by atoms with Crippen LogP contribution in [-0.4, -0.2) is 74.4 Å². The summed E-state index contributed by atoms with van der Waals surface area (Å²) < 4.78 is 10.9. The number of hydrogen-bond donors (Lipinski definition) is 0. The highest BCUT2D eigenvalue weighted by atomic mass is 16.6. The summed E-state index contributed by atoms with van der Waals surface area (Å²) >= 11 is 0. The summed E-state index contributed by atoms with van der Waals surface area (Å²) in [5.74, 6) is 0.0980. The van der Waals surface area contributed by atoms with Crippen LogP contribution in [0.15, 0.2) is 30.3 Å². The van der Waals surface area contributed by atoms with E-state index in [2.05, 4.69) is 35.2 Å². The second kappa shape index (κ2) is 9.16. The molecule has 3 rings (SSSR count). The first kappa shape index (κ1) is 17.4. The van der Waals surface area contributed by atoms with Crippen LogP contribution in [0.2, 0.25) is 0 Å². The van der Waals surface area contributed by atoms with E-state index >= 15 is 0 Å². The fourth-order valence-corrected chi connectivity index (χ4v) is 3.40. The van der Waals surface area contributed by atoms with Crippen molar-refractivity contribution in [3.63, 3.8) is 0 Å². The Morgan fingerprint density at radius 1 is 1.08 bits per heavy atom. The largest absolute Gasteiger partial charge is 0.376 e. The highest BCUT2D eigenvalue weighted by Gasteiger charge is 2.28. The molecule has 2 fully saturated rings. The molecule has 24 heavy (non-hydrogen) atoms. The van der Waals surface area contributed by atoms with Crippen molar-refractivity contribution in [3.8, 4) is 0 Å². The van der Waals surface area contributed by atoms with Gasteiger partial charge in [-0.05, 0) is 37.9 Å². The maximum atomic E-state index is 12.5. The Kier molecular flexibility index (Phi) is 6.64. The van der Waals surface area contributed by atoms with Gasteiger partial charge in [-0.2, -0.15) is 0 Å². The zero-order chi connectivity index (χ0) is 16.6. The maximum Gasteiger partial charge on any atom is 0.254 e. The van der Waals surface area contributed by atoms with Crippen LogP contribution in [0, 0.1) is 0 Å². The Morgan fingerprint density at radius 2 is 1.96 bits per heavy atom. The number of carbonyl (C=O) groups is 1. The van der Waals surface area contributed by atoms with Crippen LogP contribution in [-0.2, 0) is 20.7 Å². The molecule has 0 radical (unpaired) electrons. The van der Waals surface area contributed by atoms with Gasteiger partial charge in [0.1, 0.15) is 0 Å². The molecule has 2 saturated heterocycles. The second-order valence-corrected chi connectivity index (χ2v) is 6.54. The quantitative estimate of drug-likeness (QED) is 0.821. The minimum Gasteiger partial charge on any atom is -0.376 e. The number of amides is 1. The summed E-state index contributed by atoms with van der Waals surface area (Å²) in [5, 5.41) is 0. The van der Waals surface area contributed by atoms with Crippen molar-refractivity contribution in [1.29, 1.82) is 0 Å². The number of carbonyl (C=O) groups excluding carboxylic acids is 1. The Labute approximate surface area is 144 Å². The lowest BCUT2D eigenvalue weighted by atomic mass is 10.1. The number of benzene rings is 1. The van der Waals surface area contributed by atoms with Crippen LogP contribution < -0.4 is 0 Å². The van der Waals surface area contributed by atoms with Crippen molar-refractivity contribution in [1.82, 2.24) is 9.80 Å². The topological polar surface area (TPSA) is 42.0 Å². The molecular weight excluding hydrogens is 304 g/mol. The minimum absolute atomic E-state index is 0.0980. The Balaban J connectivity index is 1.40. The molecule has 2 heterocycles. The molecule has 0 saturated carbocycles. The average Bonchev–Trinajstić information content (AvgIpc) is 2.88. The molecular formula is C19H28N2O3. The van der Waals surface area contributed by atoms with Gasteiger partial charge in [-0.25, -0.2) is 0 Å². The van der Waals surface area contributed by atoms with Gasteiger partial charge in [-0.15, -0.1) is 0 Å². The first-order valence-electron chi connectivity index (χ1n) is 9.07. The lowest BCUT2D eigenvalue weighted by molar-refractivity contribution is -0.157. The van der Waals surface area contributed by atoms with Crippen LogP contribution in [0.5, 0.6) is 0 Å². The van der Waals surface area contributed by atoms with E-state index in [0.717, 1.165) is 52.0 Å². The Bertz CT molecular complexity index is 503. The van der Waals surface area contributed by atoms with E-state index in [4.69, 9.17) is 9.47 Å². The van der Waals surface area contributed by atoms with Crippen LogP contribution in [0.1, 0.15) is 18.4 Å². The fraction of sp³-hybridized carbons (Fsp3) is 0.632. The second-order valence-electron chi connectivity index (χ2n) is 6.54. The van der Waals surface area contributed by atoms with Gasteiger partial charge in [0.25, 0.3) is 5.91 Å². The number of nitrogens with zero attached hydrogens (tertiary/aromatic N) is 2. The molecule has 2 aliphatic heterocycles. The van der Waals surface area contributed by atoms with Gasteiger partial charge >= 0.3 is 0 Å². The lowest BCUT2D eigenvalue weighted by Crippen LogP contribution is -2.46. The summed E-state index contributed by atoms with van der Waals surface area (Å²) in [6, 6.07) is 10.6. The highest BCUT2D eigenvalue weighted by molar-refractivity contribution is 5.81. The van der Waals surface area contributed by atoms with E-state index in [0.29, 0.717) is 19.8 Å². The van der Waals surface area contributed by atoms with Gasteiger partial charge in [-0.1, -0.05) is 30.3 Å². The normalized spacial score (nSPS) is 23.0. The summed E-state index contributed by atoms with van der Waals surface area (Å²) in [5.41, 5.74) is 1.40. The number of rotatable bonds is 5. The lowest BCUT2D eigenvalue weighted by Gasteiger charge is -2.28. The third-order valence-electron chi connectivity index (χ3n) is 4.77. The summed E-state index contributed by atoms with van der Waals surface area (Å²) in [6.07, 6.45) is 2.92. The first-order valence-corrected chi connectivity index (χ1v) is 9.07. The standard InChI is InChI=1S/C19H28N2O3/c22-19(18-16-23-14-15-24-18)21-11-5-10-20(12-13-21)9-4-8-17-6-2-1-3-7-17/h1-3,6-7,18H,4-5,8-16H2. The van der Waals surface area contributed by atoms with Crippen LogP contribution in [0.25, 0.3) is 0 Å². The zero-order valence-electron chi connectivity index (χ0n) is 14.4. The van der Waals surface area contributed by atoms with E-state index in [1.54, 1.807) is 0 Å². The fourth-order valence-electron chi connectivity index (χ4n) is 3.40. The molecule has 1 amide bonds. The number of ether oxygens (including phenoxy) is 2. The van der Waals surface area contributed by atoms with Crippen molar-refractivity contribution < 1.29 is 14.3 Å². The first-order chi connectivity index (χ1) is 11.8. The molecule has 132 valence electrons. The molecule has 2 aliphatic rings. The van der Waals surface area contributed by atoms with Gasteiger partial charge < -0.3 is 19.3 Å². The monoisotopic (exact) mass is 332 g/mol. The van der Waals surface area contributed by atoms with E-state index < -0.39 is 6.10 Å². The third kappa shape index (κ3) is 5.03. The van der Waals surface area contributed by atoms with Gasteiger partial charge in [0.05, 0.1) is 19.8 Å². The van der Waals surface area contributed by atoms with Gasteiger partial charge in [0, 0.05) is 19.6 Å². The molecule has 5 heteroatoms. The molecule has 0 aromatic heterocycles. The number of hydrogen-bond acceptors (Lipinski definition) is 4. The summed E-state index contributed by atoms with van der Waals surface area (Å²) in [4.78, 5) is 16.9. The predicted octanol–water partition coefficient (Wildman–Crippen LogP) is 1.57. The molecule has 0 aliphatic carbocycles. The molecule has 5 nitrogen and oxygen atoms in total. The molecule has 1 aromatic rings. The maximum absolute atomic E-state index is 12.5. The van der Waals surface area contributed by atoms with Gasteiger partial charge in [-0.3, -0.25) is 4.79 Å². The summed E-state index contributed by atoms with van der Waals surface area (Å²) in [6.45, 7) is 6.26. The van der Waals surface area contributed by atoms with Crippen LogP contribution >= 0.6 is 0 Å². The van der Waals surface area contributed by atoms with Crippen molar-refractivity contribution >= 4 is 5.91 Å². The zero-order valence-corrected chi connectivity index (χ0v) is 14.4. The average molecular weight is 332 g/mol. The molecule has 0 spiro atoms. The van der Waals surface area contributed by atoms with E-state index in [1.165, 1.54) is 5.56 Å². The predicted molar refractivity (Wildman–Crippen MR) is 93.0 cm³/mol. The molecule has 0 N–H and O–H groups in total. The smallest absolute Gasteiger partial charge is 0.254 e.